The molecule has 2 nitrogen and oxygen atoms in total. The van der Waals surface area contributed by atoms with Crippen LogP contribution in [0.25, 0.3) is 0 Å². The molecule has 0 unspecified atom stereocenters. The van der Waals surface area contributed by atoms with E-state index in [2.05, 4.69) is 37.9 Å². The predicted octanol–water partition coefficient (Wildman–Crippen LogP) is 3.10. The molecule has 16 heavy (non-hydrogen) atoms. The van der Waals surface area contributed by atoms with Crippen LogP contribution in [-0.4, -0.2) is 25.6 Å². The first kappa shape index (κ1) is 13.0. The molecular formula is C14H23NO. The molecular weight excluding hydrogens is 198 g/mol. The molecule has 1 aliphatic heterocycles. The summed E-state index contributed by atoms with van der Waals surface area (Å²) in [6.45, 7) is 6.43. The smallest absolute Gasteiger partial charge is 0.122 e. The third kappa shape index (κ3) is 3.24. The fourth-order valence-electron chi connectivity index (χ4n) is 1.91. The number of likely N-dealkylation sites (N-methyl/N-ethyl adjacent to an activating group) is 1. The zero-order chi connectivity index (χ0) is 12.0. The third-order valence-electron chi connectivity index (χ3n) is 2.63. The van der Waals surface area contributed by atoms with Crippen molar-refractivity contribution in [2.75, 3.05) is 20.7 Å². The summed E-state index contributed by atoms with van der Waals surface area (Å²) in [7, 11) is 3.90. The molecule has 0 fully saturated rings. The lowest BCUT2D eigenvalue weighted by molar-refractivity contribution is 0.306. The molecule has 2 rings (SSSR count). The minimum Gasteiger partial charge on any atom is -0.496 e. The van der Waals surface area contributed by atoms with E-state index in [1.165, 1.54) is 17.5 Å². The van der Waals surface area contributed by atoms with Gasteiger partial charge in [0, 0.05) is 13.1 Å². The maximum absolute atomic E-state index is 5.33. The van der Waals surface area contributed by atoms with Gasteiger partial charge in [0.1, 0.15) is 5.75 Å². The molecule has 0 radical (unpaired) electrons. The van der Waals surface area contributed by atoms with Crippen molar-refractivity contribution in [3.8, 4) is 5.75 Å². The number of rotatable bonds is 1. The molecule has 0 aromatic heterocycles. The summed E-state index contributed by atoms with van der Waals surface area (Å²) in [6, 6.07) is 6.30. The summed E-state index contributed by atoms with van der Waals surface area (Å²) in [5.74, 6) is 1.05. The summed E-state index contributed by atoms with van der Waals surface area (Å²) in [5, 5.41) is 0. The maximum Gasteiger partial charge on any atom is 0.122 e. The van der Waals surface area contributed by atoms with E-state index in [1.54, 1.807) is 7.11 Å². The number of benzene rings is 1. The molecule has 90 valence electrons. The van der Waals surface area contributed by atoms with Crippen LogP contribution in [0.5, 0.6) is 5.75 Å². The number of hydrogen-bond donors (Lipinski definition) is 0. The monoisotopic (exact) mass is 221 g/mol. The second-order valence-electron chi connectivity index (χ2n) is 4.29. The Bertz CT molecular complexity index is 323. The Labute approximate surface area is 99.2 Å². The number of nitrogens with zero attached hydrogens (tertiary/aromatic N) is 1. The predicted molar refractivity (Wildman–Crippen MR) is 69.0 cm³/mol. The van der Waals surface area contributed by atoms with Crippen LogP contribution in [0.15, 0.2) is 18.2 Å². The minimum atomic E-state index is 1.05. The highest BCUT2D eigenvalue weighted by atomic mass is 16.5. The van der Waals surface area contributed by atoms with Crippen LogP contribution in [-0.2, 0) is 13.0 Å². The Hall–Kier alpha value is -1.02. The van der Waals surface area contributed by atoms with Gasteiger partial charge in [-0.25, -0.2) is 0 Å². The number of methoxy groups -OCH3 is 1. The molecule has 0 aliphatic carbocycles. The fourth-order valence-corrected chi connectivity index (χ4v) is 1.91. The molecule has 0 spiro atoms. The molecule has 0 atom stereocenters. The first-order valence-corrected chi connectivity index (χ1v) is 6.06. The minimum absolute atomic E-state index is 1.05. The third-order valence-corrected chi connectivity index (χ3v) is 2.63. The summed E-state index contributed by atoms with van der Waals surface area (Å²) in [6.07, 6.45) is 2.36. The van der Waals surface area contributed by atoms with E-state index in [1.807, 2.05) is 6.07 Å². The van der Waals surface area contributed by atoms with E-state index in [0.717, 1.165) is 25.3 Å². The van der Waals surface area contributed by atoms with Crippen molar-refractivity contribution in [3.63, 3.8) is 0 Å². The normalized spacial score (nSPS) is 14.8. The molecule has 1 aromatic carbocycles. The van der Waals surface area contributed by atoms with Gasteiger partial charge < -0.3 is 9.64 Å². The molecule has 1 heterocycles. The molecule has 2 heteroatoms. The van der Waals surface area contributed by atoms with Gasteiger partial charge >= 0.3 is 0 Å². The van der Waals surface area contributed by atoms with Gasteiger partial charge in [-0.05, 0) is 30.7 Å². The maximum atomic E-state index is 5.33. The Morgan fingerprint density at radius 3 is 2.62 bits per heavy atom. The van der Waals surface area contributed by atoms with Crippen LogP contribution in [0.3, 0.4) is 0 Å². The molecule has 0 amide bonds. The first-order chi connectivity index (χ1) is 7.72. The van der Waals surface area contributed by atoms with Gasteiger partial charge in [-0.3, -0.25) is 0 Å². The van der Waals surface area contributed by atoms with Crippen molar-refractivity contribution in [1.82, 2.24) is 4.90 Å². The van der Waals surface area contributed by atoms with E-state index >= 15 is 0 Å². The lowest BCUT2D eigenvalue weighted by Gasteiger charge is -2.26. The largest absolute Gasteiger partial charge is 0.496 e. The van der Waals surface area contributed by atoms with Crippen molar-refractivity contribution in [1.29, 1.82) is 0 Å². The quantitative estimate of drug-likeness (QED) is 0.722. The lowest BCUT2D eigenvalue weighted by Crippen LogP contribution is -2.26. The summed E-state index contributed by atoms with van der Waals surface area (Å²) < 4.78 is 5.33. The molecule has 0 saturated heterocycles. The number of hydrogen-bond acceptors (Lipinski definition) is 2. The van der Waals surface area contributed by atoms with Gasteiger partial charge in [-0.15, -0.1) is 0 Å². The summed E-state index contributed by atoms with van der Waals surface area (Å²) >= 11 is 0. The highest BCUT2D eigenvalue weighted by Gasteiger charge is 2.15. The second kappa shape index (κ2) is 6.54. The standard InChI is InChI=1S/C11H15NO.C3H8/c1-12-7-6-10-9(8-12)4-3-5-11(10)13-2;1-3-2/h3-5H,6-8H2,1-2H3;3H2,1-2H3. The van der Waals surface area contributed by atoms with Crippen molar-refractivity contribution >= 4 is 0 Å². The topological polar surface area (TPSA) is 12.5 Å². The van der Waals surface area contributed by atoms with E-state index in [0.29, 0.717) is 0 Å². The van der Waals surface area contributed by atoms with Crippen molar-refractivity contribution < 1.29 is 4.74 Å². The Morgan fingerprint density at radius 1 is 1.31 bits per heavy atom. The van der Waals surface area contributed by atoms with Gasteiger partial charge in [0.05, 0.1) is 7.11 Å². The molecule has 0 bridgehead atoms. The highest BCUT2D eigenvalue weighted by Crippen LogP contribution is 2.26. The van der Waals surface area contributed by atoms with Gasteiger partial charge in [0.2, 0.25) is 0 Å². The van der Waals surface area contributed by atoms with Gasteiger partial charge in [0.25, 0.3) is 0 Å². The highest BCUT2D eigenvalue weighted by molar-refractivity contribution is 5.41. The number of ether oxygens (including phenoxy) is 1. The Kier molecular flexibility index (Phi) is 5.33. The van der Waals surface area contributed by atoms with Crippen LogP contribution in [0.4, 0.5) is 0 Å². The number of fused-ring (bicyclic) bond motifs is 1. The van der Waals surface area contributed by atoms with Crippen LogP contribution in [0.1, 0.15) is 31.4 Å². The van der Waals surface area contributed by atoms with E-state index in [9.17, 15) is 0 Å². The average molecular weight is 221 g/mol. The molecule has 1 aromatic rings. The van der Waals surface area contributed by atoms with Crippen LogP contribution in [0, 0.1) is 0 Å². The molecule has 0 saturated carbocycles. The zero-order valence-corrected chi connectivity index (χ0v) is 10.9. The SMILES string of the molecule is CCC.COc1cccc2c1CCN(C)C2. The second-order valence-corrected chi connectivity index (χ2v) is 4.29. The lowest BCUT2D eigenvalue weighted by atomic mass is 9.99. The fraction of sp³-hybridized carbons (Fsp3) is 0.571. The summed E-state index contributed by atoms with van der Waals surface area (Å²) in [4.78, 5) is 2.34. The van der Waals surface area contributed by atoms with Crippen LogP contribution < -0.4 is 4.74 Å². The van der Waals surface area contributed by atoms with Crippen molar-refractivity contribution in [2.24, 2.45) is 0 Å². The average Bonchev–Trinajstić information content (AvgIpc) is 2.28. The van der Waals surface area contributed by atoms with Crippen LogP contribution >= 0.6 is 0 Å². The molecule has 1 aliphatic rings. The van der Waals surface area contributed by atoms with Gasteiger partial charge in [-0.2, -0.15) is 0 Å². The molecule has 0 N–H and O–H groups in total. The van der Waals surface area contributed by atoms with E-state index in [4.69, 9.17) is 4.74 Å². The zero-order valence-electron chi connectivity index (χ0n) is 10.9. The van der Waals surface area contributed by atoms with Crippen LogP contribution in [0.2, 0.25) is 0 Å². The summed E-state index contributed by atoms with van der Waals surface area (Å²) in [5.41, 5.74) is 2.80. The Balaban J connectivity index is 0.000000386. The van der Waals surface area contributed by atoms with Gasteiger partial charge in [-0.1, -0.05) is 32.4 Å². The van der Waals surface area contributed by atoms with Gasteiger partial charge in [0.15, 0.2) is 0 Å². The van der Waals surface area contributed by atoms with E-state index in [-0.39, 0.29) is 0 Å². The van der Waals surface area contributed by atoms with Crippen molar-refractivity contribution in [2.45, 2.75) is 33.2 Å². The Morgan fingerprint density at radius 2 is 2.00 bits per heavy atom. The van der Waals surface area contributed by atoms with Crippen molar-refractivity contribution in [3.05, 3.63) is 29.3 Å². The van der Waals surface area contributed by atoms with E-state index < -0.39 is 0 Å². The first-order valence-electron chi connectivity index (χ1n) is 6.06.